The maximum atomic E-state index is 10.0. The number of nitrogens with zero attached hydrogens (tertiary/aromatic N) is 8. The molecule has 8 aromatic carbocycles. The van der Waals surface area contributed by atoms with E-state index in [4.69, 9.17) is 29.9 Å². The van der Waals surface area contributed by atoms with Gasteiger partial charge in [0.15, 0.2) is 34.9 Å². The molecule has 0 aliphatic heterocycles. The Hall–Kier alpha value is -8.93. The summed E-state index contributed by atoms with van der Waals surface area (Å²) >= 11 is 0. The van der Waals surface area contributed by atoms with E-state index < -0.39 is 0 Å². The molecule has 0 radical (unpaired) electrons. The van der Waals surface area contributed by atoms with E-state index in [9.17, 15) is 5.26 Å². The van der Waals surface area contributed by atoms with Crippen molar-refractivity contribution in [3.05, 3.63) is 212 Å². The molecule has 3 heterocycles. The fraction of sp³-hybridized carbons (Fsp3) is 0. The van der Waals surface area contributed by atoms with Gasteiger partial charge >= 0.3 is 0 Å². The van der Waals surface area contributed by atoms with Gasteiger partial charge in [-0.05, 0) is 53.6 Å². The van der Waals surface area contributed by atoms with Crippen LogP contribution in [0.2, 0.25) is 0 Å². The third-order valence-electron chi connectivity index (χ3n) is 11.2. The average molecular weight is 807 g/mol. The summed E-state index contributed by atoms with van der Waals surface area (Å²) in [6.45, 7) is 0. The van der Waals surface area contributed by atoms with Crippen LogP contribution in [0.3, 0.4) is 0 Å². The van der Waals surface area contributed by atoms with E-state index in [-0.39, 0.29) is 0 Å². The minimum atomic E-state index is 0.491. The number of rotatable bonds is 8. The van der Waals surface area contributed by atoms with Gasteiger partial charge in [-0.2, -0.15) is 5.26 Å². The molecular formula is C55H34N8. The Labute approximate surface area is 363 Å². The molecule has 0 amide bonds. The number of hydrogen-bond donors (Lipinski definition) is 0. The molecule has 0 aliphatic carbocycles. The van der Waals surface area contributed by atoms with Gasteiger partial charge in [0.1, 0.15) is 0 Å². The molecule has 63 heavy (non-hydrogen) atoms. The van der Waals surface area contributed by atoms with Gasteiger partial charge < -0.3 is 4.57 Å². The van der Waals surface area contributed by atoms with Gasteiger partial charge in [-0.25, -0.2) is 29.9 Å². The largest absolute Gasteiger partial charge is 0.309 e. The molecule has 11 aromatic rings. The lowest BCUT2D eigenvalue weighted by atomic mass is 9.98. The maximum absolute atomic E-state index is 10.0. The highest BCUT2D eigenvalue weighted by molar-refractivity contribution is 6.11. The first-order valence-electron chi connectivity index (χ1n) is 20.6. The van der Waals surface area contributed by atoms with E-state index in [1.165, 1.54) is 0 Å². The van der Waals surface area contributed by atoms with Crippen molar-refractivity contribution in [3.8, 4) is 91.2 Å². The van der Waals surface area contributed by atoms with Crippen LogP contribution in [0.1, 0.15) is 5.56 Å². The van der Waals surface area contributed by atoms with Crippen molar-refractivity contribution in [2.24, 2.45) is 0 Å². The van der Waals surface area contributed by atoms with Gasteiger partial charge in [0.05, 0.1) is 28.4 Å². The zero-order valence-electron chi connectivity index (χ0n) is 33.7. The highest BCUT2D eigenvalue weighted by Gasteiger charge is 2.22. The zero-order valence-corrected chi connectivity index (χ0v) is 33.7. The van der Waals surface area contributed by atoms with Crippen molar-refractivity contribution in [2.75, 3.05) is 0 Å². The Balaban J connectivity index is 1.20. The fourth-order valence-corrected chi connectivity index (χ4v) is 8.15. The fourth-order valence-electron chi connectivity index (χ4n) is 8.15. The summed E-state index contributed by atoms with van der Waals surface area (Å²) < 4.78 is 2.27. The van der Waals surface area contributed by atoms with E-state index in [1.807, 2.05) is 146 Å². The molecule has 0 atom stereocenters. The second-order valence-corrected chi connectivity index (χ2v) is 15.1. The van der Waals surface area contributed by atoms with Crippen LogP contribution in [0.25, 0.3) is 107 Å². The molecule has 8 heteroatoms. The molecule has 0 bridgehead atoms. The minimum Gasteiger partial charge on any atom is -0.309 e. The quantitative estimate of drug-likeness (QED) is 0.150. The van der Waals surface area contributed by atoms with Gasteiger partial charge in [0.25, 0.3) is 0 Å². The molecule has 0 saturated heterocycles. The normalized spacial score (nSPS) is 11.2. The van der Waals surface area contributed by atoms with E-state index in [0.717, 1.165) is 72.0 Å². The van der Waals surface area contributed by atoms with Crippen molar-refractivity contribution in [2.45, 2.75) is 0 Å². The number of hydrogen-bond acceptors (Lipinski definition) is 7. The second kappa shape index (κ2) is 15.9. The Morgan fingerprint density at radius 3 is 1.29 bits per heavy atom. The van der Waals surface area contributed by atoms with Crippen molar-refractivity contribution < 1.29 is 0 Å². The van der Waals surface area contributed by atoms with Crippen LogP contribution < -0.4 is 0 Å². The number of nitriles is 1. The summed E-state index contributed by atoms with van der Waals surface area (Å²) in [5, 5.41) is 12.1. The molecular weight excluding hydrogens is 773 g/mol. The monoisotopic (exact) mass is 806 g/mol. The highest BCUT2D eigenvalue weighted by Crippen LogP contribution is 2.40. The molecule has 3 aromatic heterocycles. The van der Waals surface area contributed by atoms with Crippen molar-refractivity contribution in [3.63, 3.8) is 0 Å². The Morgan fingerprint density at radius 2 is 0.746 bits per heavy atom. The first-order valence-corrected chi connectivity index (χ1v) is 20.6. The summed E-state index contributed by atoms with van der Waals surface area (Å²) in [6, 6.07) is 71.1. The third-order valence-corrected chi connectivity index (χ3v) is 11.2. The SMILES string of the molecule is N#Cc1ccccc1-c1ccc2c(c1)c1ccccc1n2-c1ccc(-c2nc(-c3ccccc3)nc(-c3ccccc3)n2)cc1-c1nc(-c2ccccc2)nc(-c2ccccc2)n1. The number of fused-ring (bicyclic) bond motifs is 3. The molecule has 11 rings (SSSR count). The summed E-state index contributed by atoms with van der Waals surface area (Å²) in [6.07, 6.45) is 0. The number of para-hydroxylation sites is 1. The van der Waals surface area contributed by atoms with Crippen LogP contribution in [0.15, 0.2) is 206 Å². The molecule has 294 valence electrons. The topological polar surface area (TPSA) is 106 Å². The Kier molecular flexibility index (Phi) is 9.37. The third kappa shape index (κ3) is 6.96. The van der Waals surface area contributed by atoms with Gasteiger partial charge in [0, 0.05) is 44.2 Å². The average Bonchev–Trinajstić information content (AvgIpc) is 3.70. The van der Waals surface area contributed by atoms with Crippen LogP contribution in [0, 0.1) is 11.3 Å². The summed E-state index contributed by atoms with van der Waals surface area (Å²) in [7, 11) is 0. The van der Waals surface area contributed by atoms with E-state index in [1.54, 1.807) is 0 Å². The van der Waals surface area contributed by atoms with Crippen molar-refractivity contribution >= 4 is 21.8 Å². The smallest absolute Gasteiger partial charge is 0.166 e. The van der Waals surface area contributed by atoms with Gasteiger partial charge in [-0.1, -0.05) is 164 Å². The molecule has 0 spiro atoms. The lowest BCUT2D eigenvalue weighted by Crippen LogP contribution is -2.05. The van der Waals surface area contributed by atoms with Crippen LogP contribution in [0.4, 0.5) is 0 Å². The van der Waals surface area contributed by atoms with E-state index >= 15 is 0 Å². The first kappa shape index (κ1) is 37.1. The standard InChI is InChI=1S/C55H34N8/c56-35-42-25-13-14-26-43(42)40-29-31-48-45(33-40)44-27-15-16-28-47(44)63(48)49-32-30-41(54-59-50(36-17-5-1-6-18-36)57-51(60-54)37-19-7-2-8-20-37)34-46(49)55-61-52(38-21-9-3-10-22-38)58-53(62-55)39-23-11-4-12-24-39/h1-34H. The maximum Gasteiger partial charge on any atom is 0.166 e. The summed E-state index contributed by atoms with van der Waals surface area (Å²) in [5.41, 5.74) is 10.4. The molecule has 0 N–H and O–H groups in total. The van der Waals surface area contributed by atoms with Crippen LogP contribution >= 0.6 is 0 Å². The van der Waals surface area contributed by atoms with Crippen LogP contribution in [-0.2, 0) is 0 Å². The van der Waals surface area contributed by atoms with Crippen molar-refractivity contribution in [1.82, 2.24) is 34.5 Å². The van der Waals surface area contributed by atoms with Crippen molar-refractivity contribution in [1.29, 1.82) is 5.26 Å². The van der Waals surface area contributed by atoms with Gasteiger partial charge in [-0.15, -0.1) is 0 Å². The van der Waals surface area contributed by atoms with E-state index in [2.05, 4.69) is 71.3 Å². The Morgan fingerprint density at radius 1 is 0.317 bits per heavy atom. The van der Waals surface area contributed by atoms with Crippen LogP contribution in [0.5, 0.6) is 0 Å². The zero-order chi connectivity index (χ0) is 42.1. The Bertz CT molecular complexity index is 3390. The second-order valence-electron chi connectivity index (χ2n) is 15.1. The molecule has 0 saturated carbocycles. The lowest BCUT2D eigenvalue weighted by Gasteiger charge is -2.16. The molecule has 8 nitrogen and oxygen atoms in total. The number of benzene rings is 8. The highest BCUT2D eigenvalue weighted by atomic mass is 15.1. The number of aromatic nitrogens is 7. The van der Waals surface area contributed by atoms with Crippen LogP contribution in [-0.4, -0.2) is 34.5 Å². The predicted octanol–water partition coefficient (Wildman–Crippen LogP) is 12.7. The minimum absolute atomic E-state index is 0.491. The molecule has 0 fully saturated rings. The predicted molar refractivity (Wildman–Crippen MR) is 250 cm³/mol. The lowest BCUT2D eigenvalue weighted by molar-refractivity contribution is 1.06. The molecule has 0 unspecified atom stereocenters. The van der Waals surface area contributed by atoms with Gasteiger partial charge in [0.2, 0.25) is 0 Å². The first-order chi connectivity index (χ1) is 31.2. The molecule has 0 aliphatic rings. The van der Waals surface area contributed by atoms with E-state index in [0.29, 0.717) is 40.5 Å². The van der Waals surface area contributed by atoms with Gasteiger partial charge in [-0.3, -0.25) is 0 Å². The summed E-state index contributed by atoms with van der Waals surface area (Å²) in [4.78, 5) is 30.7. The summed E-state index contributed by atoms with van der Waals surface area (Å²) in [5.74, 6) is 3.25.